The van der Waals surface area contributed by atoms with Crippen molar-refractivity contribution in [2.45, 2.75) is 44.9 Å². The first-order valence-corrected chi connectivity index (χ1v) is 8.31. The van der Waals surface area contributed by atoms with Crippen LogP contribution in [0.15, 0.2) is 59.1 Å². The van der Waals surface area contributed by atoms with Crippen molar-refractivity contribution in [1.29, 1.82) is 0 Å². The summed E-state index contributed by atoms with van der Waals surface area (Å²) < 4.78 is 1.25. The fourth-order valence-electron chi connectivity index (χ4n) is 2.90. The van der Waals surface area contributed by atoms with Crippen LogP contribution in [0.4, 0.5) is 0 Å². The molecule has 0 amide bonds. The number of hydrogen-bond acceptors (Lipinski definition) is 0. The lowest BCUT2D eigenvalue weighted by molar-refractivity contribution is 0.518. The Morgan fingerprint density at radius 3 is 2.25 bits per heavy atom. The maximum absolute atomic E-state index is 3.71. The van der Waals surface area contributed by atoms with Crippen LogP contribution in [0.25, 0.3) is 0 Å². The van der Waals surface area contributed by atoms with Crippen molar-refractivity contribution < 1.29 is 0 Å². The van der Waals surface area contributed by atoms with E-state index in [-0.39, 0.29) is 0 Å². The number of benzene rings is 2. The van der Waals surface area contributed by atoms with Crippen LogP contribution in [0.2, 0.25) is 0 Å². The molecule has 0 aromatic heterocycles. The number of rotatable bonds is 6. The van der Waals surface area contributed by atoms with E-state index in [1.807, 2.05) is 0 Å². The molecule has 0 bridgehead atoms. The van der Waals surface area contributed by atoms with E-state index in [0.29, 0.717) is 11.8 Å². The van der Waals surface area contributed by atoms with E-state index in [0.717, 1.165) is 0 Å². The van der Waals surface area contributed by atoms with Gasteiger partial charge < -0.3 is 0 Å². The molecule has 0 radical (unpaired) electrons. The zero-order valence-electron chi connectivity index (χ0n) is 12.4. The highest BCUT2D eigenvalue weighted by atomic mass is 79.9. The van der Waals surface area contributed by atoms with E-state index in [1.165, 1.54) is 34.9 Å². The van der Waals surface area contributed by atoms with Gasteiger partial charge in [-0.2, -0.15) is 0 Å². The molecule has 0 aliphatic carbocycles. The molecular weight excluding hydrogens is 308 g/mol. The Hall–Kier alpha value is -1.08. The van der Waals surface area contributed by atoms with Gasteiger partial charge in [0.05, 0.1) is 0 Å². The van der Waals surface area contributed by atoms with Gasteiger partial charge in [0, 0.05) is 4.47 Å². The summed E-state index contributed by atoms with van der Waals surface area (Å²) >= 11 is 3.71. The minimum Gasteiger partial charge on any atom is -0.0654 e. The molecule has 0 aliphatic rings. The highest BCUT2D eigenvalue weighted by Crippen LogP contribution is 2.36. The minimum absolute atomic E-state index is 0.597. The van der Waals surface area contributed by atoms with Gasteiger partial charge in [-0.25, -0.2) is 0 Å². The molecule has 0 heterocycles. The van der Waals surface area contributed by atoms with E-state index in [1.54, 1.807) is 0 Å². The molecule has 2 atom stereocenters. The standard InChI is InChI=1S/C19H23Br/c1-3-9-17(18-12-7-8-13-19(18)20)14-15(2)16-10-5-4-6-11-16/h4-8,10-13,15,17H,3,9,14H2,1-2H3. The molecule has 0 nitrogen and oxygen atoms in total. The third-order valence-corrected chi connectivity index (χ3v) is 4.71. The predicted octanol–water partition coefficient (Wildman–Crippen LogP) is 6.53. The molecule has 2 aromatic rings. The second-order valence-corrected chi connectivity index (χ2v) is 6.41. The molecule has 0 spiro atoms. The Balaban J connectivity index is 2.16. The van der Waals surface area contributed by atoms with Crippen LogP contribution >= 0.6 is 15.9 Å². The summed E-state index contributed by atoms with van der Waals surface area (Å²) in [7, 11) is 0. The summed E-state index contributed by atoms with van der Waals surface area (Å²) in [5, 5.41) is 0. The van der Waals surface area contributed by atoms with Crippen molar-refractivity contribution in [1.82, 2.24) is 0 Å². The van der Waals surface area contributed by atoms with Gasteiger partial charge in [-0.05, 0) is 41.9 Å². The van der Waals surface area contributed by atoms with Crippen LogP contribution < -0.4 is 0 Å². The summed E-state index contributed by atoms with van der Waals surface area (Å²) in [4.78, 5) is 0. The van der Waals surface area contributed by atoms with Crippen LogP contribution in [-0.2, 0) is 0 Å². The third-order valence-electron chi connectivity index (χ3n) is 3.99. The highest BCUT2D eigenvalue weighted by molar-refractivity contribution is 9.10. The Bertz CT molecular complexity index is 518. The molecular formula is C19H23Br. The van der Waals surface area contributed by atoms with Gasteiger partial charge in [0.25, 0.3) is 0 Å². The Morgan fingerprint density at radius 1 is 0.950 bits per heavy atom. The maximum Gasteiger partial charge on any atom is 0.0210 e. The van der Waals surface area contributed by atoms with Crippen molar-refractivity contribution in [3.05, 3.63) is 70.2 Å². The first-order valence-electron chi connectivity index (χ1n) is 7.51. The molecule has 2 unspecified atom stereocenters. The van der Waals surface area contributed by atoms with Gasteiger partial charge in [0.1, 0.15) is 0 Å². The van der Waals surface area contributed by atoms with Crippen molar-refractivity contribution in [2.75, 3.05) is 0 Å². The van der Waals surface area contributed by atoms with E-state index >= 15 is 0 Å². The van der Waals surface area contributed by atoms with Gasteiger partial charge in [-0.1, -0.05) is 84.7 Å². The maximum atomic E-state index is 3.71. The van der Waals surface area contributed by atoms with Crippen LogP contribution in [0.1, 0.15) is 56.1 Å². The zero-order chi connectivity index (χ0) is 14.4. The SMILES string of the molecule is CCCC(CC(C)c1ccccc1)c1ccccc1Br. The fraction of sp³-hybridized carbons (Fsp3) is 0.368. The van der Waals surface area contributed by atoms with Crippen LogP contribution in [0, 0.1) is 0 Å². The predicted molar refractivity (Wildman–Crippen MR) is 91.3 cm³/mol. The second-order valence-electron chi connectivity index (χ2n) is 5.55. The molecule has 0 N–H and O–H groups in total. The summed E-state index contributed by atoms with van der Waals surface area (Å²) in [6.07, 6.45) is 3.69. The van der Waals surface area contributed by atoms with Crippen molar-refractivity contribution >= 4 is 15.9 Å². The normalized spacial score (nSPS) is 13.9. The average molecular weight is 331 g/mol. The topological polar surface area (TPSA) is 0 Å². The summed E-state index contributed by atoms with van der Waals surface area (Å²) in [6.45, 7) is 4.62. The van der Waals surface area contributed by atoms with Crippen molar-refractivity contribution in [3.8, 4) is 0 Å². The van der Waals surface area contributed by atoms with E-state index in [4.69, 9.17) is 0 Å². The summed E-state index contributed by atoms with van der Waals surface area (Å²) in [5.74, 6) is 1.23. The lowest BCUT2D eigenvalue weighted by Gasteiger charge is -2.22. The molecule has 106 valence electrons. The first-order chi connectivity index (χ1) is 9.72. The van der Waals surface area contributed by atoms with Gasteiger partial charge in [0.15, 0.2) is 0 Å². The Morgan fingerprint density at radius 2 is 1.60 bits per heavy atom. The molecule has 1 heteroatoms. The smallest absolute Gasteiger partial charge is 0.0210 e. The van der Waals surface area contributed by atoms with Gasteiger partial charge in [-0.3, -0.25) is 0 Å². The first kappa shape index (κ1) is 15.3. The third kappa shape index (κ3) is 3.96. The molecule has 0 fully saturated rings. The largest absolute Gasteiger partial charge is 0.0654 e. The van der Waals surface area contributed by atoms with E-state index in [2.05, 4.69) is 84.4 Å². The van der Waals surface area contributed by atoms with Gasteiger partial charge in [-0.15, -0.1) is 0 Å². The van der Waals surface area contributed by atoms with Gasteiger partial charge >= 0.3 is 0 Å². The van der Waals surface area contributed by atoms with E-state index < -0.39 is 0 Å². The molecule has 2 aromatic carbocycles. The quantitative estimate of drug-likeness (QED) is 0.565. The molecule has 20 heavy (non-hydrogen) atoms. The Kier molecular flexibility index (Phi) is 5.85. The van der Waals surface area contributed by atoms with Gasteiger partial charge in [0.2, 0.25) is 0 Å². The molecule has 0 aliphatic heterocycles. The average Bonchev–Trinajstić information content (AvgIpc) is 2.48. The zero-order valence-corrected chi connectivity index (χ0v) is 13.9. The number of hydrogen-bond donors (Lipinski definition) is 0. The summed E-state index contributed by atoms with van der Waals surface area (Å²) in [6, 6.07) is 19.5. The monoisotopic (exact) mass is 330 g/mol. The fourth-order valence-corrected chi connectivity index (χ4v) is 3.51. The lowest BCUT2D eigenvalue weighted by atomic mass is 9.84. The van der Waals surface area contributed by atoms with Crippen LogP contribution in [-0.4, -0.2) is 0 Å². The second kappa shape index (κ2) is 7.64. The number of halogens is 1. The molecule has 2 rings (SSSR count). The summed E-state index contributed by atoms with van der Waals surface area (Å²) in [5.41, 5.74) is 2.90. The lowest BCUT2D eigenvalue weighted by Crippen LogP contribution is -2.05. The van der Waals surface area contributed by atoms with Crippen molar-refractivity contribution in [2.24, 2.45) is 0 Å². The van der Waals surface area contributed by atoms with Crippen LogP contribution in [0.3, 0.4) is 0 Å². The Labute approximate surface area is 131 Å². The molecule has 0 saturated heterocycles. The van der Waals surface area contributed by atoms with Crippen molar-refractivity contribution in [3.63, 3.8) is 0 Å². The highest BCUT2D eigenvalue weighted by Gasteiger charge is 2.17. The van der Waals surface area contributed by atoms with E-state index in [9.17, 15) is 0 Å². The molecule has 0 saturated carbocycles. The minimum atomic E-state index is 0.597. The van der Waals surface area contributed by atoms with Crippen LogP contribution in [0.5, 0.6) is 0 Å².